The zero-order valence-corrected chi connectivity index (χ0v) is 10.4. The molecule has 0 saturated carbocycles. The Labute approximate surface area is 101 Å². The van der Waals surface area contributed by atoms with Gasteiger partial charge in [-0.3, -0.25) is 14.5 Å². The molecule has 2 aliphatic rings. The van der Waals surface area contributed by atoms with E-state index < -0.39 is 11.4 Å². The number of hydrogen-bond acceptors (Lipinski definition) is 3. The van der Waals surface area contributed by atoms with E-state index in [4.69, 9.17) is 5.11 Å². The molecule has 17 heavy (non-hydrogen) atoms. The van der Waals surface area contributed by atoms with Crippen molar-refractivity contribution in [2.45, 2.75) is 45.2 Å². The van der Waals surface area contributed by atoms with E-state index in [-0.39, 0.29) is 11.9 Å². The van der Waals surface area contributed by atoms with E-state index in [1.165, 1.54) is 20.3 Å². The van der Waals surface area contributed by atoms with Crippen LogP contribution >= 0.6 is 0 Å². The predicted molar refractivity (Wildman–Crippen MR) is 62.6 cm³/mol. The van der Waals surface area contributed by atoms with Gasteiger partial charge in [-0.25, -0.2) is 0 Å². The second kappa shape index (κ2) is 4.29. The zero-order chi connectivity index (χ0) is 12.6. The van der Waals surface area contributed by atoms with E-state index in [2.05, 4.69) is 10.2 Å². The van der Waals surface area contributed by atoms with Gasteiger partial charge in [-0.05, 0) is 39.7 Å². The molecule has 2 rings (SSSR count). The zero-order valence-electron chi connectivity index (χ0n) is 10.4. The number of amides is 1. The summed E-state index contributed by atoms with van der Waals surface area (Å²) in [6.45, 7) is 5.03. The summed E-state index contributed by atoms with van der Waals surface area (Å²) in [7, 11) is 0. The summed E-state index contributed by atoms with van der Waals surface area (Å²) in [5.41, 5.74) is -1.34. The van der Waals surface area contributed by atoms with Crippen LogP contribution in [-0.2, 0) is 9.59 Å². The number of rotatable bonds is 3. The normalized spacial score (nSPS) is 29.1. The molecular weight excluding hydrogens is 220 g/mol. The van der Waals surface area contributed by atoms with Crippen LogP contribution < -0.4 is 5.32 Å². The van der Waals surface area contributed by atoms with Crippen molar-refractivity contribution in [3.05, 3.63) is 0 Å². The lowest BCUT2D eigenvalue weighted by Crippen LogP contribution is -2.49. The molecule has 0 bridgehead atoms. The van der Waals surface area contributed by atoms with E-state index in [0.717, 1.165) is 25.9 Å². The molecule has 2 unspecified atom stereocenters. The van der Waals surface area contributed by atoms with Crippen molar-refractivity contribution in [3.8, 4) is 0 Å². The van der Waals surface area contributed by atoms with Crippen LogP contribution in [0.5, 0.6) is 0 Å². The Hall–Kier alpha value is -1.10. The Kier molecular flexibility index (Phi) is 3.12. The van der Waals surface area contributed by atoms with Gasteiger partial charge in [0.15, 0.2) is 0 Å². The maximum absolute atomic E-state index is 11.9. The van der Waals surface area contributed by atoms with Crippen LogP contribution in [0.25, 0.3) is 0 Å². The maximum atomic E-state index is 11.9. The Morgan fingerprint density at radius 1 is 1.29 bits per heavy atom. The van der Waals surface area contributed by atoms with Gasteiger partial charge in [-0.1, -0.05) is 0 Å². The molecule has 2 heterocycles. The third-order valence-corrected chi connectivity index (χ3v) is 4.02. The van der Waals surface area contributed by atoms with Crippen molar-refractivity contribution < 1.29 is 14.7 Å². The second-order valence-electron chi connectivity index (χ2n) is 5.54. The fourth-order valence-electron chi connectivity index (χ4n) is 2.70. The summed E-state index contributed by atoms with van der Waals surface area (Å²) >= 11 is 0. The summed E-state index contributed by atoms with van der Waals surface area (Å²) in [5, 5.41) is 11.9. The minimum absolute atomic E-state index is 0.128. The molecule has 2 atom stereocenters. The molecular formula is C12H20N2O3. The molecule has 0 aromatic carbocycles. The Bertz CT molecular complexity index is 341. The van der Waals surface area contributed by atoms with Gasteiger partial charge in [-0.15, -0.1) is 0 Å². The van der Waals surface area contributed by atoms with Gasteiger partial charge in [0.25, 0.3) is 0 Å². The summed E-state index contributed by atoms with van der Waals surface area (Å²) < 4.78 is 0. The van der Waals surface area contributed by atoms with Crippen molar-refractivity contribution in [3.63, 3.8) is 0 Å². The first-order chi connectivity index (χ1) is 7.93. The van der Waals surface area contributed by atoms with Crippen LogP contribution in [0.1, 0.15) is 33.1 Å². The van der Waals surface area contributed by atoms with Gasteiger partial charge < -0.3 is 10.4 Å². The Morgan fingerprint density at radius 2 is 2.00 bits per heavy atom. The number of carbonyl (C=O) groups excluding carboxylic acids is 1. The van der Waals surface area contributed by atoms with E-state index >= 15 is 0 Å². The summed E-state index contributed by atoms with van der Waals surface area (Å²) in [5.74, 6) is -1.44. The van der Waals surface area contributed by atoms with Crippen LogP contribution in [-0.4, -0.2) is 47.1 Å². The minimum atomic E-state index is -1.34. The number of nitrogens with zero attached hydrogens (tertiary/aromatic N) is 1. The van der Waals surface area contributed by atoms with Crippen LogP contribution in [0.4, 0.5) is 0 Å². The number of carbonyl (C=O) groups is 2. The van der Waals surface area contributed by atoms with Gasteiger partial charge in [0.2, 0.25) is 5.91 Å². The number of aliphatic carboxylic acids is 1. The average Bonchev–Trinajstić information content (AvgIpc) is 2.82. The third-order valence-electron chi connectivity index (χ3n) is 4.02. The summed E-state index contributed by atoms with van der Waals surface area (Å²) in [4.78, 5) is 25.3. The number of carboxylic acid groups (broad SMARTS) is 1. The molecule has 2 N–H and O–H groups in total. The van der Waals surface area contributed by atoms with E-state index in [1.807, 2.05) is 0 Å². The molecule has 96 valence electrons. The van der Waals surface area contributed by atoms with Crippen LogP contribution in [0.15, 0.2) is 0 Å². The summed E-state index contributed by atoms with van der Waals surface area (Å²) in [6.07, 6.45) is 3.23. The van der Waals surface area contributed by atoms with E-state index in [1.54, 1.807) is 0 Å². The first kappa shape index (κ1) is 12.4. The molecule has 0 spiro atoms. The van der Waals surface area contributed by atoms with Crippen LogP contribution in [0.3, 0.4) is 0 Å². The largest absolute Gasteiger partial charge is 0.480 e. The quantitative estimate of drug-likeness (QED) is 0.703. The predicted octanol–water partition coefficient (Wildman–Crippen LogP) is 0.450. The maximum Gasteiger partial charge on any atom is 0.318 e. The second-order valence-corrected chi connectivity index (χ2v) is 5.54. The number of hydrogen-bond donors (Lipinski definition) is 2. The van der Waals surface area contributed by atoms with Gasteiger partial charge in [0, 0.05) is 18.6 Å². The first-order valence-corrected chi connectivity index (χ1v) is 6.21. The lowest BCUT2D eigenvalue weighted by atomic mass is 9.91. The highest BCUT2D eigenvalue weighted by molar-refractivity contribution is 6.01. The average molecular weight is 240 g/mol. The van der Waals surface area contributed by atoms with Crippen molar-refractivity contribution in [1.29, 1.82) is 0 Å². The van der Waals surface area contributed by atoms with Crippen LogP contribution in [0.2, 0.25) is 0 Å². The van der Waals surface area contributed by atoms with Crippen LogP contribution in [0, 0.1) is 5.41 Å². The fraction of sp³-hybridized carbons (Fsp3) is 0.833. The highest BCUT2D eigenvalue weighted by Crippen LogP contribution is 2.28. The molecule has 0 aromatic heterocycles. The smallest absolute Gasteiger partial charge is 0.318 e. The summed E-state index contributed by atoms with van der Waals surface area (Å²) in [6, 6.07) is 0.548. The lowest BCUT2D eigenvalue weighted by Gasteiger charge is -2.25. The SMILES string of the molecule is CC(C)(C(=O)O)C(=O)NC1CCN2CCCC12. The fourth-order valence-corrected chi connectivity index (χ4v) is 2.70. The van der Waals surface area contributed by atoms with Gasteiger partial charge in [-0.2, -0.15) is 0 Å². The molecule has 1 amide bonds. The molecule has 2 saturated heterocycles. The third kappa shape index (κ3) is 2.16. The number of nitrogens with one attached hydrogen (secondary N) is 1. The van der Waals surface area contributed by atoms with Crippen molar-refractivity contribution in [2.24, 2.45) is 5.41 Å². The standard InChI is InChI=1S/C12H20N2O3/c1-12(2,11(16)17)10(15)13-8-5-7-14-6-3-4-9(8)14/h8-9H,3-7H2,1-2H3,(H,13,15)(H,16,17). The Morgan fingerprint density at radius 3 is 2.65 bits per heavy atom. The monoisotopic (exact) mass is 240 g/mol. The van der Waals surface area contributed by atoms with Gasteiger partial charge in [0.1, 0.15) is 5.41 Å². The Balaban J connectivity index is 1.98. The number of fused-ring (bicyclic) bond motifs is 1. The molecule has 2 aliphatic heterocycles. The van der Waals surface area contributed by atoms with E-state index in [0.29, 0.717) is 6.04 Å². The van der Waals surface area contributed by atoms with E-state index in [9.17, 15) is 9.59 Å². The highest BCUT2D eigenvalue weighted by Gasteiger charge is 2.42. The lowest BCUT2D eigenvalue weighted by molar-refractivity contribution is -0.153. The molecule has 2 fully saturated rings. The van der Waals surface area contributed by atoms with Crippen molar-refractivity contribution >= 4 is 11.9 Å². The topological polar surface area (TPSA) is 69.6 Å². The van der Waals surface area contributed by atoms with Gasteiger partial charge in [0.05, 0.1) is 0 Å². The van der Waals surface area contributed by atoms with Crippen molar-refractivity contribution in [1.82, 2.24) is 10.2 Å². The molecule has 5 heteroatoms. The van der Waals surface area contributed by atoms with Crippen molar-refractivity contribution in [2.75, 3.05) is 13.1 Å². The molecule has 0 aliphatic carbocycles. The number of carboxylic acids is 1. The molecule has 5 nitrogen and oxygen atoms in total. The highest BCUT2D eigenvalue weighted by atomic mass is 16.4. The molecule has 0 radical (unpaired) electrons. The van der Waals surface area contributed by atoms with Gasteiger partial charge >= 0.3 is 5.97 Å². The first-order valence-electron chi connectivity index (χ1n) is 6.21. The molecule has 0 aromatic rings. The minimum Gasteiger partial charge on any atom is -0.480 e.